The summed E-state index contributed by atoms with van der Waals surface area (Å²) in [5, 5.41) is 23.6. The van der Waals surface area contributed by atoms with Gasteiger partial charge in [0.1, 0.15) is 17.4 Å². The van der Waals surface area contributed by atoms with Crippen molar-refractivity contribution in [3.63, 3.8) is 0 Å². The fourth-order valence-electron chi connectivity index (χ4n) is 2.57. The van der Waals surface area contributed by atoms with E-state index in [0.29, 0.717) is 23.2 Å². The largest absolute Gasteiger partial charge is 0.480 e. The highest BCUT2D eigenvalue weighted by atomic mass is 79.9. The number of carboxylic acid groups (broad SMARTS) is 1. The maximum atomic E-state index is 11.7. The van der Waals surface area contributed by atoms with E-state index in [1.54, 1.807) is 0 Å². The summed E-state index contributed by atoms with van der Waals surface area (Å²) >= 11 is 3.21. The van der Waals surface area contributed by atoms with Crippen LogP contribution >= 0.6 is 15.9 Å². The van der Waals surface area contributed by atoms with Crippen molar-refractivity contribution in [2.75, 3.05) is 5.32 Å². The summed E-state index contributed by atoms with van der Waals surface area (Å²) in [4.78, 5) is 26.0. The van der Waals surface area contributed by atoms with Crippen LogP contribution in [0.3, 0.4) is 0 Å². The van der Waals surface area contributed by atoms with Gasteiger partial charge in [-0.1, -0.05) is 6.92 Å². The highest BCUT2D eigenvalue weighted by molar-refractivity contribution is 9.10. The minimum atomic E-state index is -1.17. The molecular weight excluding hydrogens is 342 g/mol. The van der Waals surface area contributed by atoms with Gasteiger partial charge in [0.2, 0.25) is 0 Å². The van der Waals surface area contributed by atoms with Gasteiger partial charge in [-0.05, 0) is 47.5 Å². The molecule has 21 heavy (non-hydrogen) atoms. The predicted molar refractivity (Wildman–Crippen MR) is 80.2 cm³/mol. The van der Waals surface area contributed by atoms with Crippen molar-refractivity contribution in [3.05, 3.63) is 27.0 Å². The lowest BCUT2D eigenvalue weighted by Crippen LogP contribution is -2.49. The molecule has 0 saturated heterocycles. The lowest BCUT2D eigenvalue weighted by atomic mass is 9.77. The summed E-state index contributed by atoms with van der Waals surface area (Å²) in [6.45, 7) is 2.08. The Balaban J connectivity index is 2.39. The van der Waals surface area contributed by atoms with Gasteiger partial charge < -0.3 is 10.4 Å². The molecule has 1 aliphatic rings. The van der Waals surface area contributed by atoms with Crippen LogP contribution in [0.25, 0.3) is 0 Å². The van der Waals surface area contributed by atoms with E-state index in [-0.39, 0.29) is 11.4 Å². The molecule has 1 saturated carbocycles. The Morgan fingerprint density at radius 2 is 2.14 bits per heavy atom. The minimum absolute atomic E-state index is 0.173. The number of aliphatic carboxylic acids is 1. The van der Waals surface area contributed by atoms with Crippen molar-refractivity contribution in [1.29, 1.82) is 0 Å². The molecule has 1 fully saturated rings. The van der Waals surface area contributed by atoms with E-state index in [1.165, 1.54) is 6.20 Å². The van der Waals surface area contributed by atoms with Crippen molar-refractivity contribution in [3.8, 4) is 0 Å². The first-order valence-corrected chi connectivity index (χ1v) is 7.44. The molecule has 0 radical (unpaired) electrons. The molecule has 2 rings (SSSR count). The normalized spacial score (nSPS) is 25.3. The van der Waals surface area contributed by atoms with E-state index in [2.05, 4.69) is 33.2 Å². The smallest absolute Gasteiger partial charge is 0.329 e. The first kappa shape index (κ1) is 15.7. The van der Waals surface area contributed by atoms with E-state index < -0.39 is 16.4 Å². The summed E-state index contributed by atoms with van der Waals surface area (Å²) in [7, 11) is 0. The molecule has 0 atom stereocenters. The van der Waals surface area contributed by atoms with Gasteiger partial charge in [-0.3, -0.25) is 15.1 Å². The van der Waals surface area contributed by atoms with E-state index >= 15 is 0 Å². The fraction of sp³-hybridized carbons (Fsp3) is 0.538. The number of nitrogens with one attached hydrogen (secondary N) is 1. The Labute approximate surface area is 130 Å². The number of hydrogen-bond acceptors (Lipinski definition) is 5. The van der Waals surface area contributed by atoms with Gasteiger partial charge in [-0.15, -0.1) is 0 Å². The van der Waals surface area contributed by atoms with E-state index in [9.17, 15) is 20.0 Å². The number of carbonyl (C=O) groups is 1. The van der Waals surface area contributed by atoms with Crippen molar-refractivity contribution in [2.24, 2.45) is 5.92 Å². The number of carboxylic acids is 1. The topological polar surface area (TPSA) is 105 Å². The molecule has 0 aliphatic heterocycles. The Morgan fingerprint density at radius 3 is 2.67 bits per heavy atom. The Morgan fingerprint density at radius 1 is 1.52 bits per heavy atom. The number of nitrogens with zero attached hydrogens (tertiary/aromatic N) is 2. The molecule has 0 aromatic carbocycles. The second-order valence-electron chi connectivity index (χ2n) is 5.47. The molecule has 1 aromatic rings. The summed E-state index contributed by atoms with van der Waals surface area (Å²) in [5.74, 6) is -0.512. The van der Waals surface area contributed by atoms with Crippen LogP contribution in [0.4, 0.5) is 11.4 Å². The Kier molecular flexibility index (Phi) is 4.46. The standard InChI is InChI=1S/C13H16BrN3O4/c1-8-2-4-13(5-3-8,12(18)19)16-11-9(14)6-15-7-10(11)17(20)21/h6-8H,2-5H2,1H3,(H,15,16)(H,18,19). The van der Waals surface area contributed by atoms with Gasteiger partial charge in [0.15, 0.2) is 0 Å². The molecule has 0 amide bonds. The zero-order chi connectivity index (χ0) is 15.6. The summed E-state index contributed by atoms with van der Waals surface area (Å²) in [6.07, 6.45) is 4.96. The van der Waals surface area contributed by atoms with Crippen molar-refractivity contribution in [1.82, 2.24) is 4.98 Å². The van der Waals surface area contributed by atoms with E-state index in [1.807, 2.05) is 0 Å². The van der Waals surface area contributed by atoms with Crippen LogP contribution in [0.1, 0.15) is 32.6 Å². The van der Waals surface area contributed by atoms with Crippen LogP contribution in [0, 0.1) is 16.0 Å². The molecule has 0 spiro atoms. The van der Waals surface area contributed by atoms with Crippen LogP contribution in [-0.4, -0.2) is 26.5 Å². The molecule has 7 nitrogen and oxygen atoms in total. The first-order valence-electron chi connectivity index (χ1n) is 6.65. The molecule has 2 N–H and O–H groups in total. The Bertz CT molecular complexity index is 571. The molecule has 1 aromatic heterocycles. The highest BCUT2D eigenvalue weighted by Gasteiger charge is 2.42. The maximum Gasteiger partial charge on any atom is 0.329 e. The molecular formula is C13H16BrN3O4. The van der Waals surface area contributed by atoms with E-state index in [0.717, 1.165) is 19.0 Å². The number of pyridine rings is 1. The van der Waals surface area contributed by atoms with Crippen LogP contribution in [0.2, 0.25) is 0 Å². The average Bonchev–Trinajstić information content (AvgIpc) is 2.43. The zero-order valence-corrected chi connectivity index (χ0v) is 13.1. The van der Waals surface area contributed by atoms with Crippen molar-refractivity contribution >= 4 is 33.3 Å². The van der Waals surface area contributed by atoms with Gasteiger partial charge in [0.05, 0.1) is 9.40 Å². The fourth-order valence-corrected chi connectivity index (χ4v) is 2.99. The number of hydrogen-bond donors (Lipinski definition) is 2. The molecule has 0 unspecified atom stereocenters. The summed E-state index contributed by atoms with van der Waals surface area (Å²) < 4.78 is 0.385. The SMILES string of the molecule is CC1CCC(Nc2c(Br)cncc2[N+](=O)[O-])(C(=O)O)CC1. The van der Waals surface area contributed by atoms with Gasteiger partial charge in [-0.2, -0.15) is 0 Å². The van der Waals surface area contributed by atoms with Gasteiger partial charge in [0, 0.05) is 6.20 Å². The third kappa shape index (κ3) is 3.15. The average molecular weight is 358 g/mol. The van der Waals surface area contributed by atoms with Gasteiger partial charge in [0.25, 0.3) is 0 Å². The second-order valence-corrected chi connectivity index (χ2v) is 6.32. The van der Waals surface area contributed by atoms with E-state index in [4.69, 9.17) is 0 Å². The third-order valence-corrected chi connectivity index (χ3v) is 4.58. The third-order valence-electron chi connectivity index (χ3n) is 3.98. The van der Waals surface area contributed by atoms with Gasteiger partial charge >= 0.3 is 11.7 Å². The lowest BCUT2D eigenvalue weighted by Gasteiger charge is -2.37. The number of nitro groups is 1. The maximum absolute atomic E-state index is 11.7. The van der Waals surface area contributed by atoms with Crippen LogP contribution in [0.5, 0.6) is 0 Å². The highest BCUT2D eigenvalue weighted by Crippen LogP contribution is 2.39. The molecule has 114 valence electrons. The summed E-state index contributed by atoms with van der Waals surface area (Å²) in [5.41, 5.74) is -1.23. The monoisotopic (exact) mass is 357 g/mol. The predicted octanol–water partition coefficient (Wildman–Crippen LogP) is 3.20. The summed E-state index contributed by atoms with van der Waals surface area (Å²) in [6, 6.07) is 0. The van der Waals surface area contributed by atoms with Crippen molar-refractivity contribution < 1.29 is 14.8 Å². The van der Waals surface area contributed by atoms with Crippen molar-refractivity contribution in [2.45, 2.75) is 38.1 Å². The molecule has 0 bridgehead atoms. The van der Waals surface area contributed by atoms with Crippen LogP contribution in [-0.2, 0) is 4.79 Å². The van der Waals surface area contributed by atoms with Gasteiger partial charge in [-0.25, -0.2) is 4.79 Å². The molecule has 1 heterocycles. The Hall–Kier alpha value is -1.70. The number of aromatic nitrogens is 1. The second kappa shape index (κ2) is 5.97. The number of anilines is 1. The number of rotatable bonds is 4. The van der Waals surface area contributed by atoms with Crippen LogP contribution < -0.4 is 5.32 Å². The van der Waals surface area contributed by atoms with Crippen LogP contribution in [0.15, 0.2) is 16.9 Å². The molecule has 8 heteroatoms. The minimum Gasteiger partial charge on any atom is -0.480 e. The lowest BCUT2D eigenvalue weighted by molar-refractivity contribution is -0.384. The number of halogens is 1. The quantitative estimate of drug-likeness (QED) is 0.633. The zero-order valence-electron chi connectivity index (χ0n) is 11.5. The first-order chi connectivity index (χ1) is 9.85. The molecule has 1 aliphatic carbocycles.